The van der Waals surface area contributed by atoms with E-state index in [0.29, 0.717) is 35.6 Å². The summed E-state index contributed by atoms with van der Waals surface area (Å²) in [6, 6.07) is 13.8. The van der Waals surface area contributed by atoms with E-state index in [9.17, 15) is 18.8 Å². The van der Waals surface area contributed by atoms with E-state index in [4.69, 9.17) is 8.94 Å². The SMILES string of the molecule is O=C(c1ccc2c(c1)C(=O)N(Cc1ccco1)C2=O)N1CCc2noc(-c3ccc(F)cc3)c2C1. The van der Waals surface area contributed by atoms with E-state index in [1.54, 1.807) is 35.2 Å². The molecule has 2 aliphatic rings. The van der Waals surface area contributed by atoms with Gasteiger partial charge in [-0.25, -0.2) is 4.39 Å². The van der Waals surface area contributed by atoms with Crippen molar-refractivity contribution in [1.82, 2.24) is 15.0 Å². The van der Waals surface area contributed by atoms with E-state index in [1.165, 1.54) is 30.5 Å². The van der Waals surface area contributed by atoms with Gasteiger partial charge >= 0.3 is 0 Å². The zero-order chi connectivity index (χ0) is 24.1. The highest BCUT2D eigenvalue weighted by molar-refractivity contribution is 6.22. The molecule has 0 radical (unpaired) electrons. The second-order valence-corrected chi connectivity index (χ2v) is 8.46. The van der Waals surface area contributed by atoms with Crippen LogP contribution in [0, 0.1) is 5.82 Å². The normalized spacial score (nSPS) is 14.9. The molecule has 0 bridgehead atoms. The van der Waals surface area contributed by atoms with Crippen LogP contribution in [0.5, 0.6) is 0 Å². The lowest BCUT2D eigenvalue weighted by atomic mass is 10.00. The van der Waals surface area contributed by atoms with Gasteiger partial charge < -0.3 is 13.8 Å². The number of halogens is 1. The van der Waals surface area contributed by atoms with Crippen molar-refractivity contribution in [2.75, 3.05) is 6.54 Å². The summed E-state index contributed by atoms with van der Waals surface area (Å²) in [5, 5.41) is 4.12. The Bertz CT molecular complexity index is 1470. The number of hydrogen-bond acceptors (Lipinski definition) is 6. The van der Waals surface area contributed by atoms with Crippen molar-refractivity contribution >= 4 is 17.7 Å². The van der Waals surface area contributed by atoms with E-state index in [2.05, 4.69) is 5.16 Å². The Labute approximate surface area is 198 Å². The molecule has 4 aromatic rings. The van der Waals surface area contributed by atoms with E-state index < -0.39 is 11.8 Å². The smallest absolute Gasteiger partial charge is 0.261 e. The molecule has 0 atom stereocenters. The first kappa shape index (κ1) is 21.0. The molecule has 0 fully saturated rings. The number of amides is 3. The molecule has 174 valence electrons. The standard InChI is InChI=1S/C26H18FN3O5/c27-17-6-3-15(4-7-17)23-21-14-29(10-9-22(21)28-35-23)24(31)16-5-8-19-20(12-16)26(33)30(25(19)32)13-18-2-1-11-34-18/h1-8,11-12H,9-10,13-14H2. The molecule has 0 spiro atoms. The minimum atomic E-state index is -0.463. The van der Waals surface area contributed by atoms with Crippen LogP contribution >= 0.6 is 0 Å². The summed E-state index contributed by atoms with van der Waals surface area (Å²) >= 11 is 0. The number of hydrogen-bond donors (Lipinski definition) is 0. The van der Waals surface area contributed by atoms with E-state index in [-0.39, 0.29) is 35.9 Å². The van der Waals surface area contributed by atoms with Crippen molar-refractivity contribution in [3.8, 4) is 11.3 Å². The number of benzene rings is 2. The van der Waals surface area contributed by atoms with Crippen LogP contribution in [-0.4, -0.2) is 39.2 Å². The number of furan rings is 1. The average molecular weight is 471 g/mol. The molecule has 3 amide bonds. The van der Waals surface area contributed by atoms with Crippen LogP contribution in [0.2, 0.25) is 0 Å². The molecule has 35 heavy (non-hydrogen) atoms. The van der Waals surface area contributed by atoms with Gasteiger partial charge in [-0.1, -0.05) is 5.16 Å². The maximum absolute atomic E-state index is 13.4. The molecular weight excluding hydrogens is 453 g/mol. The third kappa shape index (κ3) is 3.52. The Hall–Kier alpha value is -4.53. The molecule has 0 saturated heterocycles. The second-order valence-electron chi connectivity index (χ2n) is 8.46. The zero-order valence-corrected chi connectivity index (χ0v) is 18.4. The first-order chi connectivity index (χ1) is 17.0. The molecule has 0 aliphatic carbocycles. The van der Waals surface area contributed by atoms with Gasteiger partial charge in [0, 0.05) is 29.7 Å². The summed E-state index contributed by atoms with van der Waals surface area (Å²) < 4.78 is 24.1. The van der Waals surface area contributed by atoms with Crippen LogP contribution in [-0.2, 0) is 19.5 Å². The summed E-state index contributed by atoms with van der Waals surface area (Å²) in [7, 11) is 0. The van der Waals surface area contributed by atoms with Gasteiger partial charge in [-0.3, -0.25) is 19.3 Å². The summed E-state index contributed by atoms with van der Waals surface area (Å²) in [6.45, 7) is 0.714. The van der Waals surface area contributed by atoms with E-state index in [1.807, 2.05) is 0 Å². The fourth-order valence-electron chi connectivity index (χ4n) is 4.52. The molecular formula is C26H18FN3O5. The summed E-state index contributed by atoms with van der Waals surface area (Å²) in [5.74, 6) is -0.516. The Balaban J connectivity index is 1.25. The molecule has 2 aromatic heterocycles. The van der Waals surface area contributed by atoms with Crippen molar-refractivity contribution in [3.05, 3.63) is 100 Å². The van der Waals surface area contributed by atoms with Crippen LogP contribution in [0.3, 0.4) is 0 Å². The minimum absolute atomic E-state index is 0.0250. The lowest BCUT2D eigenvalue weighted by Crippen LogP contribution is -2.36. The largest absolute Gasteiger partial charge is 0.467 e. The van der Waals surface area contributed by atoms with Crippen LogP contribution < -0.4 is 0 Å². The predicted molar refractivity (Wildman–Crippen MR) is 120 cm³/mol. The Kier molecular flexibility index (Phi) is 4.84. The van der Waals surface area contributed by atoms with E-state index in [0.717, 1.165) is 16.2 Å². The number of aromatic nitrogens is 1. The lowest BCUT2D eigenvalue weighted by molar-refractivity contribution is 0.0631. The van der Waals surface area contributed by atoms with Crippen LogP contribution in [0.15, 0.2) is 69.8 Å². The van der Waals surface area contributed by atoms with Crippen LogP contribution in [0.25, 0.3) is 11.3 Å². The first-order valence-corrected chi connectivity index (χ1v) is 11.0. The Morgan fingerprint density at radius 1 is 1.03 bits per heavy atom. The summed E-state index contributed by atoms with van der Waals surface area (Å²) in [6.07, 6.45) is 1.98. The highest BCUT2D eigenvalue weighted by atomic mass is 19.1. The van der Waals surface area contributed by atoms with Crippen molar-refractivity contribution in [1.29, 1.82) is 0 Å². The lowest BCUT2D eigenvalue weighted by Gasteiger charge is -2.26. The predicted octanol–water partition coefficient (Wildman–Crippen LogP) is 4.07. The fourth-order valence-corrected chi connectivity index (χ4v) is 4.52. The maximum atomic E-state index is 13.4. The van der Waals surface area contributed by atoms with Crippen molar-refractivity contribution < 1.29 is 27.7 Å². The Morgan fingerprint density at radius 3 is 2.60 bits per heavy atom. The minimum Gasteiger partial charge on any atom is -0.467 e. The van der Waals surface area contributed by atoms with Gasteiger partial charge in [0.25, 0.3) is 17.7 Å². The molecule has 2 aromatic carbocycles. The monoisotopic (exact) mass is 471 g/mol. The number of carbonyl (C=O) groups excluding carboxylic acids is 3. The number of fused-ring (bicyclic) bond motifs is 2. The summed E-state index contributed by atoms with van der Waals surface area (Å²) in [5.41, 5.74) is 2.98. The fraction of sp³-hybridized carbons (Fsp3) is 0.154. The molecule has 9 heteroatoms. The molecule has 0 saturated carbocycles. The first-order valence-electron chi connectivity index (χ1n) is 11.0. The molecule has 0 N–H and O–H groups in total. The zero-order valence-electron chi connectivity index (χ0n) is 18.4. The Morgan fingerprint density at radius 2 is 1.83 bits per heavy atom. The van der Waals surface area contributed by atoms with Gasteiger partial charge in [0.2, 0.25) is 0 Å². The highest BCUT2D eigenvalue weighted by Crippen LogP contribution is 2.32. The topological polar surface area (TPSA) is 96.9 Å². The van der Waals surface area contributed by atoms with Crippen molar-refractivity contribution in [2.45, 2.75) is 19.5 Å². The molecule has 8 nitrogen and oxygen atoms in total. The molecule has 4 heterocycles. The number of rotatable bonds is 4. The van der Waals surface area contributed by atoms with Gasteiger partial charge in [0.15, 0.2) is 5.76 Å². The van der Waals surface area contributed by atoms with Crippen LogP contribution in [0.1, 0.15) is 48.1 Å². The number of carbonyl (C=O) groups is 3. The molecule has 0 unspecified atom stereocenters. The average Bonchev–Trinajstić information content (AvgIpc) is 3.60. The molecule has 2 aliphatic heterocycles. The third-order valence-electron chi connectivity index (χ3n) is 6.34. The van der Waals surface area contributed by atoms with Gasteiger partial charge in [-0.2, -0.15) is 0 Å². The quantitative estimate of drug-likeness (QED) is 0.417. The van der Waals surface area contributed by atoms with Gasteiger partial charge in [-0.15, -0.1) is 0 Å². The maximum Gasteiger partial charge on any atom is 0.261 e. The van der Waals surface area contributed by atoms with Gasteiger partial charge in [-0.05, 0) is 54.6 Å². The second kappa shape index (κ2) is 8.05. The number of nitrogens with zero attached hydrogens (tertiary/aromatic N) is 3. The number of imide groups is 1. The summed E-state index contributed by atoms with van der Waals surface area (Å²) in [4.78, 5) is 41.8. The van der Waals surface area contributed by atoms with Gasteiger partial charge in [0.1, 0.15) is 11.6 Å². The van der Waals surface area contributed by atoms with Crippen LogP contribution in [0.4, 0.5) is 4.39 Å². The highest BCUT2D eigenvalue weighted by Gasteiger charge is 2.37. The van der Waals surface area contributed by atoms with Gasteiger partial charge in [0.05, 0.1) is 36.2 Å². The van der Waals surface area contributed by atoms with Crippen molar-refractivity contribution in [3.63, 3.8) is 0 Å². The third-order valence-corrected chi connectivity index (χ3v) is 6.34. The van der Waals surface area contributed by atoms with Crippen molar-refractivity contribution in [2.24, 2.45) is 0 Å². The molecule has 6 rings (SSSR count). The van der Waals surface area contributed by atoms with E-state index >= 15 is 0 Å².